The Morgan fingerprint density at radius 1 is 1.40 bits per heavy atom. The first kappa shape index (κ1) is 14.8. The van der Waals surface area contributed by atoms with Crippen LogP contribution in [-0.2, 0) is 10.2 Å². The Kier molecular flexibility index (Phi) is 5.72. The Balaban J connectivity index is 4.37. The minimum absolute atomic E-state index is 0.216. The van der Waals surface area contributed by atoms with E-state index in [9.17, 15) is 8.42 Å². The van der Waals surface area contributed by atoms with Crippen molar-refractivity contribution < 1.29 is 13.5 Å². The number of nitrogens with one attached hydrogen (secondary N) is 2. The molecule has 92 valence electrons. The van der Waals surface area contributed by atoms with Crippen LogP contribution in [0, 0.1) is 5.92 Å². The van der Waals surface area contributed by atoms with Gasteiger partial charge in [0.25, 0.3) is 10.2 Å². The van der Waals surface area contributed by atoms with Crippen molar-refractivity contribution >= 4 is 10.2 Å². The summed E-state index contributed by atoms with van der Waals surface area (Å²) in [5, 5.41) is 9.07. The summed E-state index contributed by atoms with van der Waals surface area (Å²) in [7, 11) is -3.52. The zero-order valence-electron chi connectivity index (χ0n) is 9.87. The Morgan fingerprint density at radius 3 is 2.27 bits per heavy atom. The lowest BCUT2D eigenvalue weighted by Crippen LogP contribution is -2.52. The minimum Gasteiger partial charge on any atom is -0.394 e. The van der Waals surface area contributed by atoms with Crippen molar-refractivity contribution in [2.24, 2.45) is 5.92 Å². The SMILES string of the molecule is CCC(C)(CO)NS(=O)(=O)NCC(C)C. The summed E-state index contributed by atoms with van der Waals surface area (Å²) < 4.78 is 27.9. The average molecular weight is 238 g/mol. The summed E-state index contributed by atoms with van der Waals surface area (Å²) in [5.41, 5.74) is -0.789. The van der Waals surface area contributed by atoms with E-state index >= 15 is 0 Å². The highest BCUT2D eigenvalue weighted by Gasteiger charge is 2.26. The highest BCUT2D eigenvalue weighted by molar-refractivity contribution is 7.87. The third-order valence-corrected chi connectivity index (χ3v) is 3.50. The molecule has 6 heteroatoms. The van der Waals surface area contributed by atoms with Gasteiger partial charge in [0.2, 0.25) is 0 Å². The zero-order valence-corrected chi connectivity index (χ0v) is 10.7. The molecule has 0 saturated heterocycles. The molecule has 0 fully saturated rings. The molecule has 0 aliphatic carbocycles. The van der Waals surface area contributed by atoms with Crippen LogP contribution in [0.2, 0.25) is 0 Å². The van der Waals surface area contributed by atoms with Gasteiger partial charge in [0.05, 0.1) is 12.1 Å². The van der Waals surface area contributed by atoms with E-state index < -0.39 is 15.7 Å². The number of hydrogen-bond acceptors (Lipinski definition) is 3. The molecule has 0 aromatic rings. The first-order valence-corrected chi connectivity index (χ1v) is 6.62. The fraction of sp³-hybridized carbons (Fsp3) is 1.00. The molecule has 0 aliphatic rings. The van der Waals surface area contributed by atoms with Crippen LogP contribution in [0.15, 0.2) is 0 Å². The summed E-state index contributed by atoms with van der Waals surface area (Å²) >= 11 is 0. The molecule has 1 atom stereocenters. The monoisotopic (exact) mass is 238 g/mol. The van der Waals surface area contributed by atoms with Gasteiger partial charge in [-0.15, -0.1) is 0 Å². The van der Waals surface area contributed by atoms with E-state index in [4.69, 9.17) is 5.11 Å². The summed E-state index contributed by atoms with van der Waals surface area (Å²) in [5.74, 6) is 0.253. The molecule has 1 unspecified atom stereocenters. The number of aliphatic hydroxyl groups excluding tert-OH is 1. The molecular formula is C9H22N2O3S. The van der Waals surface area contributed by atoms with Gasteiger partial charge in [0.15, 0.2) is 0 Å². The van der Waals surface area contributed by atoms with Crippen LogP contribution in [-0.4, -0.2) is 32.2 Å². The van der Waals surface area contributed by atoms with Gasteiger partial charge in [-0.3, -0.25) is 0 Å². The molecule has 15 heavy (non-hydrogen) atoms. The topological polar surface area (TPSA) is 78.4 Å². The fourth-order valence-corrected chi connectivity index (χ4v) is 2.34. The molecule has 0 bridgehead atoms. The van der Waals surface area contributed by atoms with Crippen LogP contribution in [0.3, 0.4) is 0 Å². The van der Waals surface area contributed by atoms with E-state index in [1.54, 1.807) is 6.92 Å². The van der Waals surface area contributed by atoms with Crippen molar-refractivity contribution in [2.45, 2.75) is 39.7 Å². The molecule has 0 heterocycles. The Hall–Kier alpha value is -0.170. The summed E-state index contributed by atoms with van der Waals surface area (Å²) in [6.07, 6.45) is 0.534. The van der Waals surface area contributed by atoms with Gasteiger partial charge in [0.1, 0.15) is 0 Å². The molecule has 0 rings (SSSR count). The maximum atomic E-state index is 11.5. The largest absolute Gasteiger partial charge is 0.394 e. The quantitative estimate of drug-likeness (QED) is 0.594. The fourth-order valence-electron chi connectivity index (χ4n) is 0.853. The zero-order chi connectivity index (χ0) is 12.1. The molecular weight excluding hydrogens is 216 g/mol. The number of rotatable bonds is 7. The highest BCUT2D eigenvalue weighted by atomic mass is 32.2. The van der Waals surface area contributed by atoms with Gasteiger partial charge in [-0.05, 0) is 19.3 Å². The van der Waals surface area contributed by atoms with E-state index in [2.05, 4.69) is 9.44 Å². The second-order valence-corrected chi connectivity index (χ2v) is 5.92. The van der Waals surface area contributed by atoms with E-state index in [1.165, 1.54) is 0 Å². The lowest BCUT2D eigenvalue weighted by Gasteiger charge is -2.26. The molecule has 0 aliphatic heterocycles. The van der Waals surface area contributed by atoms with Crippen molar-refractivity contribution in [1.29, 1.82) is 0 Å². The van der Waals surface area contributed by atoms with Crippen LogP contribution in [0.25, 0.3) is 0 Å². The average Bonchev–Trinajstić information content (AvgIpc) is 2.14. The van der Waals surface area contributed by atoms with Crippen molar-refractivity contribution in [3.05, 3.63) is 0 Å². The van der Waals surface area contributed by atoms with Gasteiger partial charge in [0, 0.05) is 6.54 Å². The Bertz CT molecular complexity index is 271. The predicted molar refractivity (Wildman–Crippen MR) is 60.7 cm³/mol. The van der Waals surface area contributed by atoms with E-state index in [-0.39, 0.29) is 12.5 Å². The standard InChI is InChI=1S/C9H22N2O3S/c1-5-9(4,7-12)11-15(13,14)10-6-8(2)3/h8,10-12H,5-7H2,1-4H3. The van der Waals surface area contributed by atoms with Crippen LogP contribution in [0.4, 0.5) is 0 Å². The maximum absolute atomic E-state index is 11.5. The third-order valence-electron chi connectivity index (χ3n) is 2.19. The molecule has 0 radical (unpaired) electrons. The van der Waals surface area contributed by atoms with Gasteiger partial charge in [-0.1, -0.05) is 20.8 Å². The van der Waals surface area contributed by atoms with Gasteiger partial charge >= 0.3 is 0 Å². The lowest BCUT2D eigenvalue weighted by molar-refractivity contribution is 0.190. The van der Waals surface area contributed by atoms with Gasteiger partial charge in [-0.2, -0.15) is 13.1 Å². The molecule has 0 saturated carbocycles. The maximum Gasteiger partial charge on any atom is 0.277 e. The Labute approximate surface area is 92.4 Å². The van der Waals surface area contributed by atoms with Gasteiger partial charge in [-0.25, -0.2) is 4.72 Å². The first-order valence-electron chi connectivity index (χ1n) is 5.14. The summed E-state index contributed by atoms with van der Waals surface area (Å²) in [4.78, 5) is 0. The minimum atomic E-state index is -3.52. The van der Waals surface area contributed by atoms with Crippen molar-refractivity contribution in [3.8, 4) is 0 Å². The predicted octanol–water partition coefficient (Wildman–Crippen LogP) is 0.227. The number of aliphatic hydroxyl groups is 1. The second kappa shape index (κ2) is 5.79. The Morgan fingerprint density at radius 2 is 1.93 bits per heavy atom. The normalized spacial score (nSPS) is 16.7. The van der Waals surface area contributed by atoms with Gasteiger partial charge < -0.3 is 5.11 Å². The third kappa shape index (κ3) is 6.09. The van der Waals surface area contributed by atoms with Crippen LogP contribution in [0.1, 0.15) is 34.1 Å². The second-order valence-electron chi connectivity index (χ2n) is 4.42. The lowest BCUT2D eigenvalue weighted by atomic mass is 10.0. The highest BCUT2D eigenvalue weighted by Crippen LogP contribution is 2.08. The van der Waals surface area contributed by atoms with E-state index in [0.29, 0.717) is 13.0 Å². The molecule has 5 nitrogen and oxygen atoms in total. The molecule has 0 amide bonds. The van der Waals surface area contributed by atoms with E-state index in [0.717, 1.165) is 0 Å². The van der Waals surface area contributed by atoms with Crippen LogP contribution >= 0.6 is 0 Å². The van der Waals surface area contributed by atoms with Crippen molar-refractivity contribution in [2.75, 3.05) is 13.2 Å². The molecule has 0 aromatic heterocycles. The summed E-state index contributed by atoms with van der Waals surface area (Å²) in [6, 6.07) is 0. The first-order chi connectivity index (χ1) is 6.74. The number of hydrogen-bond donors (Lipinski definition) is 3. The van der Waals surface area contributed by atoms with Crippen LogP contribution < -0.4 is 9.44 Å². The van der Waals surface area contributed by atoms with E-state index in [1.807, 2.05) is 20.8 Å². The smallest absolute Gasteiger partial charge is 0.277 e. The molecule has 3 N–H and O–H groups in total. The van der Waals surface area contributed by atoms with Crippen LogP contribution in [0.5, 0.6) is 0 Å². The molecule has 0 aromatic carbocycles. The molecule has 0 spiro atoms. The van der Waals surface area contributed by atoms with Crippen molar-refractivity contribution in [1.82, 2.24) is 9.44 Å². The summed E-state index contributed by atoms with van der Waals surface area (Å²) in [6.45, 7) is 7.51. The van der Waals surface area contributed by atoms with Crippen molar-refractivity contribution in [3.63, 3.8) is 0 Å².